The van der Waals surface area contributed by atoms with Gasteiger partial charge in [0, 0.05) is 6.54 Å². The van der Waals surface area contributed by atoms with Crippen LogP contribution < -0.4 is 5.32 Å². The van der Waals surface area contributed by atoms with E-state index in [1.165, 1.54) is 5.56 Å². The average molecular weight is 285 g/mol. The van der Waals surface area contributed by atoms with Crippen molar-refractivity contribution >= 4 is 11.8 Å². The number of nitrogens with one attached hydrogen (secondary N) is 1. The normalized spacial score (nSPS) is 10.4. The molecule has 5 heteroatoms. The lowest BCUT2D eigenvalue weighted by Gasteiger charge is -2.11. The standard InChI is InChI=1S/C16H19N3O2/c1-4-12-5-7-13(8-6-12)9-17-15-14(16(20)21)10(2)11(3)18-19-15/h5-8H,4,9H2,1-3H3,(H,17,19)(H,20,21). The molecule has 2 N–H and O–H groups in total. The highest BCUT2D eigenvalue weighted by Gasteiger charge is 2.17. The number of carboxylic acids is 1. The van der Waals surface area contributed by atoms with E-state index in [0.717, 1.165) is 12.0 Å². The monoisotopic (exact) mass is 285 g/mol. The molecule has 110 valence electrons. The first-order chi connectivity index (χ1) is 10.0. The summed E-state index contributed by atoms with van der Waals surface area (Å²) in [5.74, 6) is -0.681. The SMILES string of the molecule is CCc1ccc(CNc2nnc(C)c(C)c2C(=O)O)cc1. The van der Waals surface area contributed by atoms with Gasteiger partial charge in [0.1, 0.15) is 5.56 Å². The van der Waals surface area contributed by atoms with Crippen LogP contribution in [-0.2, 0) is 13.0 Å². The van der Waals surface area contributed by atoms with Gasteiger partial charge in [-0.2, -0.15) is 5.10 Å². The second kappa shape index (κ2) is 6.35. The Bertz CT molecular complexity index is 651. The van der Waals surface area contributed by atoms with Gasteiger partial charge < -0.3 is 10.4 Å². The summed E-state index contributed by atoms with van der Waals surface area (Å²) in [7, 11) is 0. The Balaban J connectivity index is 2.19. The minimum absolute atomic E-state index is 0.188. The van der Waals surface area contributed by atoms with Crippen LogP contribution in [0.3, 0.4) is 0 Å². The van der Waals surface area contributed by atoms with E-state index in [1.54, 1.807) is 13.8 Å². The molecule has 0 amide bonds. The number of benzene rings is 1. The van der Waals surface area contributed by atoms with Gasteiger partial charge in [-0.1, -0.05) is 31.2 Å². The van der Waals surface area contributed by atoms with E-state index in [2.05, 4.69) is 34.6 Å². The van der Waals surface area contributed by atoms with Crippen molar-refractivity contribution in [2.75, 3.05) is 5.32 Å². The van der Waals surface area contributed by atoms with Crippen molar-refractivity contribution in [2.45, 2.75) is 33.7 Å². The lowest BCUT2D eigenvalue weighted by Crippen LogP contribution is -2.12. The molecular weight excluding hydrogens is 266 g/mol. The third-order valence-electron chi connectivity index (χ3n) is 3.56. The summed E-state index contributed by atoms with van der Waals surface area (Å²) in [6.45, 7) is 6.12. The van der Waals surface area contributed by atoms with Gasteiger partial charge in [0.15, 0.2) is 5.82 Å². The van der Waals surface area contributed by atoms with Gasteiger partial charge in [-0.3, -0.25) is 0 Å². The Morgan fingerprint density at radius 3 is 2.33 bits per heavy atom. The van der Waals surface area contributed by atoms with Crippen LogP contribution in [0, 0.1) is 13.8 Å². The van der Waals surface area contributed by atoms with Gasteiger partial charge in [0.2, 0.25) is 0 Å². The van der Waals surface area contributed by atoms with Gasteiger partial charge in [0.25, 0.3) is 0 Å². The summed E-state index contributed by atoms with van der Waals surface area (Å²) in [5, 5.41) is 20.3. The predicted molar refractivity (Wildman–Crippen MR) is 81.6 cm³/mol. The first kappa shape index (κ1) is 15.0. The number of rotatable bonds is 5. The number of aromatic carboxylic acids is 1. The summed E-state index contributed by atoms with van der Waals surface area (Å²) in [5.41, 5.74) is 3.80. The molecule has 1 aromatic carbocycles. The van der Waals surface area contributed by atoms with Crippen LogP contribution in [0.5, 0.6) is 0 Å². The minimum Gasteiger partial charge on any atom is -0.478 e. The third-order valence-corrected chi connectivity index (χ3v) is 3.56. The lowest BCUT2D eigenvalue weighted by atomic mass is 10.1. The fourth-order valence-corrected chi connectivity index (χ4v) is 2.07. The first-order valence-corrected chi connectivity index (χ1v) is 6.91. The average Bonchev–Trinajstić information content (AvgIpc) is 2.48. The topological polar surface area (TPSA) is 75.1 Å². The highest BCUT2D eigenvalue weighted by atomic mass is 16.4. The molecule has 0 unspecified atom stereocenters. The second-order valence-electron chi connectivity index (χ2n) is 4.96. The summed E-state index contributed by atoms with van der Waals surface area (Å²) in [6, 6.07) is 8.20. The van der Waals surface area contributed by atoms with E-state index < -0.39 is 5.97 Å². The zero-order valence-corrected chi connectivity index (χ0v) is 12.5. The Hall–Kier alpha value is -2.43. The van der Waals surface area contributed by atoms with E-state index in [4.69, 9.17) is 0 Å². The Morgan fingerprint density at radius 2 is 1.76 bits per heavy atom. The number of aryl methyl sites for hydroxylation is 2. The first-order valence-electron chi connectivity index (χ1n) is 6.91. The van der Waals surface area contributed by atoms with E-state index in [9.17, 15) is 9.90 Å². The fourth-order valence-electron chi connectivity index (χ4n) is 2.07. The highest BCUT2D eigenvalue weighted by Crippen LogP contribution is 2.19. The zero-order chi connectivity index (χ0) is 15.4. The number of nitrogens with zero attached hydrogens (tertiary/aromatic N) is 2. The molecule has 0 radical (unpaired) electrons. The molecule has 0 aliphatic heterocycles. The maximum absolute atomic E-state index is 11.4. The number of carboxylic acid groups (broad SMARTS) is 1. The van der Waals surface area contributed by atoms with Gasteiger partial charge in [0.05, 0.1) is 5.69 Å². The van der Waals surface area contributed by atoms with Gasteiger partial charge in [-0.15, -0.1) is 5.10 Å². The zero-order valence-electron chi connectivity index (χ0n) is 12.5. The molecule has 0 fully saturated rings. The smallest absolute Gasteiger partial charge is 0.339 e. The summed E-state index contributed by atoms with van der Waals surface area (Å²) >= 11 is 0. The van der Waals surface area contributed by atoms with Crippen molar-refractivity contribution in [2.24, 2.45) is 0 Å². The molecule has 5 nitrogen and oxygen atoms in total. The van der Waals surface area contributed by atoms with E-state index in [1.807, 2.05) is 12.1 Å². The molecule has 0 bridgehead atoms. The number of hydrogen-bond donors (Lipinski definition) is 2. The third kappa shape index (κ3) is 3.37. The molecule has 0 saturated heterocycles. The molecule has 21 heavy (non-hydrogen) atoms. The Kier molecular flexibility index (Phi) is 4.52. The number of carbonyl (C=O) groups is 1. The summed E-state index contributed by atoms with van der Waals surface area (Å²) in [6.07, 6.45) is 1.000. The fraction of sp³-hybridized carbons (Fsp3) is 0.312. The summed E-state index contributed by atoms with van der Waals surface area (Å²) in [4.78, 5) is 11.4. The molecule has 1 heterocycles. The van der Waals surface area contributed by atoms with Crippen LogP contribution in [0.1, 0.15) is 39.7 Å². The van der Waals surface area contributed by atoms with E-state index >= 15 is 0 Å². The van der Waals surface area contributed by atoms with Crippen molar-refractivity contribution in [3.8, 4) is 0 Å². The van der Waals surface area contributed by atoms with Gasteiger partial charge in [-0.25, -0.2) is 4.79 Å². The van der Waals surface area contributed by atoms with Gasteiger partial charge >= 0.3 is 5.97 Å². The van der Waals surface area contributed by atoms with Crippen LogP contribution in [0.25, 0.3) is 0 Å². The number of hydrogen-bond acceptors (Lipinski definition) is 4. The van der Waals surface area contributed by atoms with Crippen molar-refractivity contribution in [3.05, 3.63) is 52.2 Å². The molecule has 0 saturated carbocycles. The lowest BCUT2D eigenvalue weighted by molar-refractivity contribution is 0.0696. The maximum Gasteiger partial charge on any atom is 0.339 e. The molecule has 0 atom stereocenters. The van der Waals surface area contributed by atoms with Crippen molar-refractivity contribution in [3.63, 3.8) is 0 Å². The molecular formula is C16H19N3O2. The van der Waals surface area contributed by atoms with Gasteiger partial charge in [-0.05, 0) is 37.0 Å². The second-order valence-corrected chi connectivity index (χ2v) is 4.96. The van der Waals surface area contributed by atoms with Crippen molar-refractivity contribution in [1.82, 2.24) is 10.2 Å². The minimum atomic E-state index is -0.991. The number of anilines is 1. The highest BCUT2D eigenvalue weighted by molar-refractivity contribution is 5.94. The van der Waals surface area contributed by atoms with E-state index in [-0.39, 0.29) is 5.56 Å². The van der Waals surface area contributed by atoms with Crippen LogP contribution in [-0.4, -0.2) is 21.3 Å². The number of aromatic nitrogens is 2. The molecule has 0 aliphatic rings. The van der Waals surface area contributed by atoms with Crippen LogP contribution >= 0.6 is 0 Å². The quantitative estimate of drug-likeness (QED) is 0.883. The molecule has 1 aromatic heterocycles. The van der Waals surface area contributed by atoms with Crippen LogP contribution in [0.2, 0.25) is 0 Å². The van der Waals surface area contributed by atoms with E-state index in [0.29, 0.717) is 23.6 Å². The largest absolute Gasteiger partial charge is 0.478 e. The molecule has 2 aromatic rings. The van der Waals surface area contributed by atoms with Crippen LogP contribution in [0.15, 0.2) is 24.3 Å². The Labute approximate surface area is 124 Å². The van der Waals surface area contributed by atoms with Crippen molar-refractivity contribution < 1.29 is 9.90 Å². The maximum atomic E-state index is 11.4. The molecule has 0 spiro atoms. The summed E-state index contributed by atoms with van der Waals surface area (Å²) < 4.78 is 0. The van der Waals surface area contributed by atoms with Crippen LogP contribution in [0.4, 0.5) is 5.82 Å². The molecule has 0 aliphatic carbocycles. The predicted octanol–water partition coefficient (Wildman–Crippen LogP) is 2.97. The molecule has 2 rings (SSSR count). The van der Waals surface area contributed by atoms with Crippen molar-refractivity contribution in [1.29, 1.82) is 0 Å². The Morgan fingerprint density at radius 1 is 1.14 bits per heavy atom.